The maximum atomic E-state index is 12.7. The van der Waals surface area contributed by atoms with Crippen molar-refractivity contribution in [3.63, 3.8) is 0 Å². The lowest BCUT2D eigenvalue weighted by Crippen LogP contribution is -2.27. The van der Waals surface area contributed by atoms with Crippen LogP contribution in [0.25, 0.3) is 6.08 Å². The minimum Gasteiger partial charge on any atom is -0.268 e. The van der Waals surface area contributed by atoms with Crippen molar-refractivity contribution in [1.82, 2.24) is 0 Å². The van der Waals surface area contributed by atoms with Crippen LogP contribution in [0.1, 0.15) is 12.5 Å². The molecule has 1 aliphatic heterocycles. The molecule has 0 atom stereocenters. The molecule has 0 aliphatic carbocycles. The van der Waals surface area contributed by atoms with Gasteiger partial charge in [-0.05, 0) is 36.3 Å². The fourth-order valence-corrected chi connectivity index (χ4v) is 3.82. The highest BCUT2D eigenvalue weighted by molar-refractivity contribution is 8.27. The van der Waals surface area contributed by atoms with Crippen LogP contribution in [0.2, 0.25) is 0 Å². The molecule has 5 nitrogen and oxygen atoms in total. The Hall–Kier alpha value is -2.77. The molecule has 2 aromatic carbocycles. The number of rotatable bonds is 4. The van der Waals surface area contributed by atoms with Gasteiger partial charge in [0, 0.05) is 12.1 Å². The second kappa shape index (κ2) is 7.63. The molecule has 0 bridgehead atoms. The van der Waals surface area contributed by atoms with Gasteiger partial charge in [-0.25, -0.2) is 0 Å². The zero-order valence-corrected chi connectivity index (χ0v) is 15.4. The van der Waals surface area contributed by atoms with Crippen molar-refractivity contribution < 1.29 is 9.72 Å². The van der Waals surface area contributed by atoms with E-state index in [4.69, 9.17) is 12.2 Å². The van der Waals surface area contributed by atoms with E-state index in [9.17, 15) is 14.9 Å². The van der Waals surface area contributed by atoms with Gasteiger partial charge in [0.05, 0.1) is 15.5 Å². The van der Waals surface area contributed by atoms with Gasteiger partial charge in [-0.1, -0.05) is 60.4 Å². The Morgan fingerprint density at radius 2 is 1.81 bits per heavy atom. The second-order valence-corrected chi connectivity index (χ2v) is 7.27. The molecule has 130 valence electrons. The fraction of sp³-hybridized carbons (Fsp3) is 0.0526. The number of carbonyl (C=O) groups is 1. The highest BCUT2D eigenvalue weighted by Crippen LogP contribution is 2.36. The van der Waals surface area contributed by atoms with Crippen molar-refractivity contribution in [2.75, 3.05) is 4.90 Å². The third-order valence-electron chi connectivity index (χ3n) is 3.67. The minimum absolute atomic E-state index is 0.0311. The molecule has 1 aliphatic rings. The number of benzene rings is 2. The van der Waals surface area contributed by atoms with Crippen LogP contribution in [0.4, 0.5) is 11.4 Å². The Morgan fingerprint density at radius 3 is 2.42 bits per heavy atom. The third kappa shape index (κ3) is 3.89. The molecule has 0 saturated carbocycles. The van der Waals surface area contributed by atoms with E-state index in [0.717, 1.165) is 11.1 Å². The summed E-state index contributed by atoms with van der Waals surface area (Å²) in [7, 11) is 0. The summed E-state index contributed by atoms with van der Waals surface area (Å²) in [5.74, 6) is -0.227. The zero-order chi connectivity index (χ0) is 18.7. The summed E-state index contributed by atoms with van der Waals surface area (Å²) in [5, 5.41) is 10.8. The van der Waals surface area contributed by atoms with E-state index in [1.165, 1.54) is 40.9 Å². The number of anilines is 1. The SMILES string of the molecule is CC(=Cc1ccccc1)C=C1SC(=S)N(c2ccc([N+](=O)[O-])cc2)C1=O. The predicted molar refractivity (Wildman–Crippen MR) is 109 cm³/mol. The average molecular weight is 382 g/mol. The number of allylic oxidation sites excluding steroid dienone is 2. The topological polar surface area (TPSA) is 63.4 Å². The quantitative estimate of drug-likeness (QED) is 0.324. The lowest BCUT2D eigenvalue weighted by Gasteiger charge is -2.13. The lowest BCUT2D eigenvalue weighted by molar-refractivity contribution is -0.384. The molecule has 1 heterocycles. The first-order chi connectivity index (χ1) is 12.5. The van der Waals surface area contributed by atoms with Gasteiger partial charge in [-0.3, -0.25) is 19.8 Å². The lowest BCUT2D eigenvalue weighted by atomic mass is 10.1. The first-order valence-corrected chi connectivity index (χ1v) is 8.94. The Morgan fingerprint density at radius 1 is 1.15 bits per heavy atom. The van der Waals surface area contributed by atoms with E-state index in [1.807, 2.05) is 43.3 Å². The number of non-ortho nitro benzene ring substituents is 1. The number of thiocarbonyl (C=S) groups is 1. The molecule has 3 rings (SSSR count). The molecule has 1 amide bonds. The van der Waals surface area contributed by atoms with Crippen LogP contribution in [0, 0.1) is 10.1 Å². The molecule has 2 aromatic rings. The molecule has 1 saturated heterocycles. The molecule has 26 heavy (non-hydrogen) atoms. The summed E-state index contributed by atoms with van der Waals surface area (Å²) in [5.41, 5.74) is 2.47. The van der Waals surface area contributed by atoms with E-state index in [-0.39, 0.29) is 11.6 Å². The molecule has 0 unspecified atom stereocenters. The Kier molecular flexibility index (Phi) is 5.29. The summed E-state index contributed by atoms with van der Waals surface area (Å²) in [6.45, 7) is 1.92. The molecule has 0 N–H and O–H groups in total. The van der Waals surface area contributed by atoms with Gasteiger partial charge in [-0.15, -0.1) is 0 Å². The zero-order valence-electron chi connectivity index (χ0n) is 13.8. The maximum absolute atomic E-state index is 12.7. The number of amides is 1. The summed E-state index contributed by atoms with van der Waals surface area (Å²) in [6.07, 6.45) is 3.79. The summed E-state index contributed by atoms with van der Waals surface area (Å²) >= 11 is 6.54. The summed E-state index contributed by atoms with van der Waals surface area (Å²) in [4.78, 5) is 24.9. The predicted octanol–water partition coefficient (Wildman–Crippen LogP) is 4.95. The Labute approximate surface area is 160 Å². The standard InChI is InChI=1S/C19H14N2O3S2/c1-13(11-14-5-3-2-4-6-14)12-17-18(22)20(19(25)26-17)15-7-9-16(10-8-15)21(23)24/h2-12H,1H3. The van der Waals surface area contributed by atoms with E-state index < -0.39 is 4.92 Å². The van der Waals surface area contributed by atoms with Gasteiger partial charge in [0.15, 0.2) is 4.32 Å². The number of thioether (sulfide) groups is 1. The van der Waals surface area contributed by atoms with E-state index in [0.29, 0.717) is 14.9 Å². The highest BCUT2D eigenvalue weighted by atomic mass is 32.2. The number of nitro groups is 1. The average Bonchev–Trinajstić information content (AvgIpc) is 2.89. The van der Waals surface area contributed by atoms with Crippen LogP contribution in [0.15, 0.2) is 71.2 Å². The number of carbonyl (C=O) groups excluding carboxylic acids is 1. The van der Waals surface area contributed by atoms with Crippen molar-refractivity contribution in [3.8, 4) is 0 Å². The van der Waals surface area contributed by atoms with Crippen LogP contribution in [-0.4, -0.2) is 15.2 Å². The molecule has 0 radical (unpaired) electrons. The first-order valence-electron chi connectivity index (χ1n) is 7.71. The van der Waals surface area contributed by atoms with Gasteiger partial charge >= 0.3 is 0 Å². The monoisotopic (exact) mass is 382 g/mol. The van der Waals surface area contributed by atoms with Crippen molar-refractivity contribution >= 4 is 51.7 Å². The molecule has 1 fully saturated rings. The van der Waals surface area contributed by atoms with Crippen LogP contribution < -0.4 is 4.90 Å². The molecular formula is C19H14N2O3S2. The number of nitrogens with zero attached hydrogens (tertiary/aromatic N) is 2. The van der Waals surface area contributed by atoms with Crippen LogP contribution in [0.3, 0.4) is 0 Å². The smallest absolute Gasteiger partial charge is 0.268 e. The first kappa shape index (κ1) is 18.0. The van der Waals surface area contributed by atoms with Gasteiger partial charge < -0.3 is 0 Å². The van der Waals surface area contributed by atoms with Crippen molar-refractivity contribution in [2.24, 2.45) is 0 Å². The normalized spacial score (nSPS) is 16.4. The van der Waals surface area contributed by atoms with Gasteiger partial charge in [0.2, 0.25) is 0 Å². The Balaban J connectivity index is 1.84. The van der Waals surface area contributed by atoms with Crippen molar-refractivity contribution in [3.05, 3.63) is 86.8 Å². The highest BCUT2D eigenvalue weighted by Gasteiger charge is 2.33. The largest absolute Gasteiger partial charge is 0.270 e. The molecular weight excluding hydrogens is 368 g/mol. The van der Waals surface area contributed by atoms with Crippen LogP contribution in [0.5, 0.6) is 0 Å². The van der Waals surface area contributed by atoms with E-state index >= 15 is 0 Å². The number of hydrogen-bond donors (Lipinski definition) is 0. The summed E-state index contributed by atoms with van der Waals surface area (Å²) < 4.78 is 0.405. The molecule has 0 aromatic heterocycles. The maximum Gasteiger partial charge on any atom is 0.270 e. The minimum atomic E-state index is -0.480. The second-order valence-electron chi connectivity index (χ2n) is 5.59. The molecule has 0 spiro atoms. The van der Waals surface area contributed by atoms with Crippen molar-refractivity contribution in [2.45, 2.75) is 6.92 Å². The fourth-order valence-electron chi connectivity index (χ4n) is 2.47. The van der Waals surface area contributed by atoms with Crippen molar-refractivity contribution in [1.29, 1.82) is 0 Å². The number of nitro benzene ring substituents is 1. The third-order valence-corrected chi connectivity index (χ3v) is 4.97. The van der Waals surface area contributed by atoms with Crippen LogP contribution >= 0.6 is 24.0 Å². The van der Waals surface area contributed by atoms with E-state index in [1.54, 1.807) is 6.08 Å². The van der Waals surface area contributed by atoms with Gasteiger partial charge in [0.1, 0.15) is 0 Å². The summed E-state index contributed by atoms with van der Waals surface area (Å²) in [6, 6.07) is 15.6. The van der Waals surface area contributed by atoms with Gasteiger partial charge in [-0.2, -0.15) is 0 Å². The van der Waals surface area contributed by atoms with Gasteiger partial charge in [0.25, 0.3) is 11.6 Å². The molecule has 7 heteroatoms. The number of hydrogen-bond acceptors (Lipinski definition) is 5. The van der Waals surface area contributed by atoms with E-state index in [2.05, 4.69) is 0 Å². The van der Waals surface area contributed by atoms with Crippen LogP contribution in [-0.2, 0) is 4.79 Å². The Bertz CT molecular complexity index is 935.